The minimum absolute atomic E-state index is 0.0486. The van der Waals surface area contributed by atoms with E-state index in [0.717, 1.165) is 6.07 Å². The zero-order valence-electron chi connectivity index (χ0n) is 11.7. The number of aryl methyl sites for hydroxylation is 2. The van der Waals surface area contributed by atoms with Crippen molar-refractivity contribution in [2.24, 2.45) is 0 Å². The number of aliphatic hydroxyl groups excluding tert-OH is 1. The molecule has 0 fully saturated rings. The number of hydrogen-bond donors (Lipinski definition) is 1. The summed E-state index contributed by atoms with van der Waals surface area (Å²) in [5.74, 6) is -0.346. The quantitative estimate of drug-likeness (QED) is 0.832. The van der Waals surface area contributed by atoms with Crippen LogP contribution in [0.5, 0.6) is 0 Å². The molecule has 1 atom stereocenters. The smallest absolute Gasteiger partial charge is 0.419 e. The molecule has 0 saturated carbocycles. The molecule has 1 aromatic heterocycles. The Morgan fingerprint density at radius 1 is 1.10 bits per heavy atom. The molecular weight excluding hydrogens is 288 g/mol. The van der Waals surface area contributed by atoms with Crippen LogP contribution in [0.15, 0.2) is 22.6 Å². The molecule has 0 spiro atoms. The molecule has 1 N–H and O–H groups in total. The van der Waals surface area contributed by atoms with Crippen LogP contribution in [-0.4, -0.2) is 5.11 Å². The molecule has 0 radical (unpaired) electrons. The van der Waals surface area contributed by atoms with Gasteiger partial charge in [0.25, 0.3) is 0 Å². The Labute approximate surface area is 119 Å². The molecule has 1 aromatic carbocycles. The highest BCUT2D eigenvalue weighted by Gasteiger charge is 2.34. The second kappa shape index (κ2) is 5.18. The van der Waals surface area contributed by atoms with Crippen molar-refractivity contribution in [1.82, 2.24) is 0 Å². The molecule has 0 saturated heterocycles. The van der Waals surface area contributed by atoms with E-state index in [1.54, 1.807) is 20.8 Å². The van der Waals surface area contributed by atoms with Gasteiger partial charge in [0.2, 0.25) is 0 Å². The molecular formula is C15H14F4O2. The lowest BCUT2D eigenvalue weighted by molar-refractivity contribution is -0.140. The SMILES string of the molecule is Cc1oc(C)c(C(O)c2ccc(C(F)(F)F)c(F)c2)c1C. The summed E-state index contributed by atoms with van der Waals surface area (Å²) in [6, 6.07) is 2.40. The predicted octanol–water partition coefficient (Wildman–Crippen LogP) is 4.44. The molecule has 2 nitrogen and oxygen atoms in total. The van der Waals surface area contributed by atoms with Crippen molar-refractivity contribution in [1.29, 1.82) is 0 Å². The predicted molar refractivity (Wildman–Crippen MR) is 68.4 cm³/mol. The van der Waals surface area contributed by atoms with Gasteiger partial charge in [-0.25, -0.2) is 4.39 Å². The van der Waals surface area contributed by atoms with Gasteiger partial charge in [-0.3, -0.25) is 0 Å². The van der Waals surface area contributed by atoms with Crippen molar-refractivity contribution < 1.29 is 27.1 Å². The molecule has 0 aliphatic heterocycles. The van der Waals surface area contributed by atoms with Gasteiger partial charge in [-0.1, -0.05) is 6.07 Å². The summed E-state index contributed by atoms with van der Waals surface area (Å²) in [6.07, 6.45) is -6.00. The standard InChI is InChI=1S/C15H14F4O2/c1-7-8(2)21-9(3)13(7)14(20)10-4-5-11(12(16)6-10)15(17,18)19/h4-6,14,20H,1-3H3. The van der Waals surface area contributed by atoms with Crippen LogP contribution >= 0.6 is 0 Å². The molecule has 21 heavy (non-hydrogen) atoms. The molecule has 0 amide bonds. The number of hydrogen-bond acceptors (Lipinski definition) is 2. The Morgan fingerprint density at radius 2 is 1.71 bits per heavy atom. The minimum atomic E-state index is -4.76. The molecule has 0 bridgehead atoms. The third kappa shape index (κ3) is 2.81. The van der Waals surface area contributed by atoms with Crippen LogP contribution in [0.3, 0.4) is 0 Å². The van der Waals surface area contributed by atoms with E-state index in [9.17, 15) is 22.7 Å². The van der Waals surface area contributed by atoms with E-state index in [1.165, 1.54) is 0 Å². The van der Waals surface area contributed by atoms with Gasteiger partial charge in [0.05, 0.1) is 5.56 Å². The molecule has 1 unspecified atom stereocenters. The van der Waals surface area contributed by atoms with Gasteiger partial charge in [0, 0.05) is 5.56 Å². The highest BCUT2D eigenvalue weighted by molar-refractivity contribution is 5.40. The van der Waals surface area contributed by atoms with Crippen molar-refractivity contribution in [3.05, 3.63) is 57.8 Å². The Bertz CT molecular complexity index is 671. The molecule has 114 valence electrons. The second-order valence-electron chi connectivity index (χ2n) is 4.89. The van der Waals surface area contributed by atoms with Crippen LogP contribution in [0.1, 0.15) is 39.9 Å². The minimum Gasteiger partial charge on any atom is -0.466 e. The van der Waals surface area contributed by atoms with Gasteiger partial charge in [0.1, 0.15) is 23.4 Å². The van der Waals surface area contributed by atoms with Crippen LogP contribution < -0.4 is 0 Å². The van der Waals surface area contributed by atoms with Crippen LogP contribution in [-0.2, 0) is 6.18 Å². The van der Waals surface area contributed by atoms with Gasteiger partial charge in [-0.2, -0.15) is 13.2 Å². The average molecular weight is 302 g/mol. The third-order valence-electron chi connectivity index (χ3n) is 3.51. The van der Waals surface area contributed by atoms with Gasteiger partial charge in [0.15, 0.2) is 0 Å². The largest absolute Gasteiger partial charge is 0.466 e. The number of furan rings is 1. The lowest BCUT2D eigenvalue weighted by Gasteiger charge is -2.14. The first-order valence-electron chi connectivity index (χ1n) is 6.24. The maximum Gasteiger partial charge on any atom is 0.419 e. The fourth-order valence-corrected chi connectivity index (χ4v) is 2.31. The van der Waals surface area contributed by atoms with Crippen molar-refractivity contribution in [2.45, 2.75) is 33.1 Å². The number of benzene rings is 1. The van der Waals surface area contributed by atoms with Crippen molar-refractivity contribution >= 4 is 0 Å². The van der Waals surface area contributed by atoms with Crippen LogP contribution in [0.4, 0.5) is 17.6 Å². The zero-order chi connectivity index (χ0) is 15.9. The van der Waals surface area contributed by atoms with E-state index in [-0.39, 0.29) is 5.56 Å². The lowest BCUT2D eigenvalue weighted by Crippen LogP contribution is -2.10. The van der Waals surface area contributed by atoms with E-state index in [4.69, 9.17) is 4.42 Å². The topological polar surface area (TPSA) is 33.4 Å². The summed E-state index contributed by atoms with van der Waals surface area (Å²) in [5, 5.41) is 10.3. The summed E-state index contributed by atoms with van der Waals surface area (Å²) in [5.41, 5.74) is -0.158. The first-order chi connectivity index (χ1) is 9.62. The molecule has 2 aromatic rings. The molecule has 0 aliphatic rings. The van der Waals surface area contributed by atoms with Gasteiger partial charge < -0.3 is 9.52 Å². The second-order valence-corrected chi connectivity index (χ2v) is 4.89. The lowest BCUT2D eigenvalue weighted by atomic mass is 9.97. The maximum absolute atomic E-state index is 13.6. The molecule has 1 heterocycles. The van der Waals surface area contributed by atoms with Gasteiger partial charge in [-0.15, -0.1) is 0 Å². The molecule has 0 aliphatic carbocycles. The Balaban J connectivity index is 2.45. The van der Waals surface area contributed by atoms with Crippen LogP contribution in [0.2, 0.25) is 0 Å². The fourth-order valence-electron chi connectivity index (χ4n) is 2.31. The highest BCUT2D eigenvalue weighted by Crippen LogP contribution is 2.35. The number of aliphatic hydroxyl groups is 1. The number of rotatable bonds is 2. The number of alkyl halides is 3. The van der Waals surface area contributed by atoms with Crippen molar-refractivity contribution in [3.63, 3.8) is 0 Å². The van der Waals surface area contributed by atoms with E-state index in [0.29, 0.717) is 34.8 Å². The van der Waals surface area contributed by atoms with Crippen molar-refractivity contribution in [2.75, 3.05) is 0 Å². The van der Waals surface area contributed by atoms with Crippen molar-refractivity contribution in [3.8, 4) is 0 Å². The normalized spacial score (nSPS) is 13.5. The first kappa shape index (κ1) is 15.6. The Hall–Kier alpha value is -1.82. The monoisotopic (exact) mass is 302 g/mol. The maximum atomic E-state index is 13.6. The van der Waals surface area contributed by atoms with Crippen LogP contribution in [0.25, 0.3) is 0 Å². The highest BCUT2D eigenvalue weighted by atomic mass is 19.4. The Morgan fingerprint density at radius 3 is 2.14 bits per heavy atom. The number of halogens is 4. The molecule has 6 heteroatoms. The summed E-state index contributed by atoms with van der Waals surface area (Å²) in [6.45, 7) is 5.08. The van der Waals surface area contributed by atoms with E-state index < -0.39 is 23.7 Å². The first-order valence-corrected chi connectivity index (χ1v) is 6.24. The van der Waals surface area contributed by atoms with E-state index in [2.05, 4.69) is 0 Å². The summed E-state index contributed by atoms with van der Waals surface area (Å²) in [7, 11) is 0. The van der Waals surface area contributed by atoms with E-state index in [1.807, 2.05) is 0 Å². The Kier molecular flexibility index (Phi) is 3.84. The molecule has 2 rings (SSSR count). The van der Waals surface area contributed by atoms with Gasteiger partial charge in [-0.05, 0) is 44.0 Å². The third-order valence-corrected chi connectivity index (χ3v) is 3.51. The van der Waals surface area contributed by atoms with Crippen LogP contribution in [0, 0.1) is 26.6 Å². The zero-order valence-corrected chi connectivity index (χ0v) is 11.7. The summed E-state index contributed by atoms with van der Waals surface area (Å²) in [4.78, 5) is 0. The summed E-state index contributed by atoms with van der Waals surface area (Å²) < 4.78 is 56.5. The van der Waals surface area contributed by atoms with E-state index >= 15 is 0 Å². The van der Waals surface area contributed by atoms with Gasteiger partial charge >= 0.3 is 6.18 Å². The average Bonchev–Trinajstić information content (AvgIpc) is 2.61. The fraction of sp³-hybridized carbons (Fsp3) is 0.333. The summed E-state index contributed by atoms with van der Waals surface area (Å²) >= 11 is 0.